The number of halogens is 3. The van der Waals surface area contributed by atoms with E-state index >= 15 is 0 Å². The first kappa shape index (κ1) is 15.8. The molecule has 1 aromatic rings. The van der Waals surface area contributed by atoms with E-state index in [9.17, 15) is 13.2 Å². The summed E-state index contributed by atoms with van der Waals surface area (Å²) in [5.74, 6) is 6.32. The highest BCUT2D eigenvalue weighted by molar-refractivity contribution is 8.00. The van der Waals surface area contributed by atoms with Crippen LogP contribution in [0.15, 0.2) is 6.33 Å². The molecule has 0 atom stereocenters. The number of nitrogens with two attached hydrogens (primary N) is 1. The van der Waals surface area contributed by atoms with Crippen molar-refractivity contribution in [1.82, 2.24) is 9.97 Å². The predicted octanol–water partition coefficient (Wildman–Crippen LogP) is 2.55. The summed E-state index contributed by atoms with van der Waals surface area (Å²) in [6, 6.07) is 0. The van der Waals surface area contributed by atoms with Gasteiger partial charge in [0.05, 0.1) is 0 Å². The maximum atomic E-state index is 12.0. The first-order valence-electron chi connectivity index (χ1n) is 5.61. The predicted molar refractivity (Wildman–Crippen MR) is 70.9 cm³/mol. The summed E-state index contributed by atoms with van der Waals surface area (Å²) in [4.78, 5) is 8.01. The van der Waals surface area contributed by atoms with Gasteiger partial charge in [0, 0.05) is 17.9 Å². The Hall–Kier alpha value is -1.22. The molecule has 0 fully saturated rings. The fourth-order valence-corrected chi connectivity index (χ4v) is 1.97. The van der Waals surface area contributed by atoms with Gasteiger partial charge >= 0.3 is 5.51 Å². The molecule has 0 radical (unpaired) electrons. The van der Waals surface area contributed by atoms with Crippen LogP contribution in [-0.2, 0) is 0 Å². The van der Waals surface area contributed by atoms with Gasteiger partial charge in [0.15, 0.2) is 0 Å². The molecule has 9 heteroatoms. The van der Waals surface area contributed by atoms with Crippen LogP contribution in [0.1, 0.15) is 25.3 Å². The quantitative estimate of drug-likeness (QED) is 0.425. The van der Waals surface area contributed by atoms with E-state index in [0.29, 0.717) is 11.6 Å². The van der Waals surface area contributed by atoms with Crippen molar-refractivity contribution in [2.45, 2.75) is 25.3 Å². The maximum absolute atomic E-state index is 12.0. The van der Waals surface area contributed by atoms with Gasteiger partial charge < -0.3 is 10.7 Å². The van der Waals surface area contributed by atoms with Crippen LogP contribution in [0.25, 0.3) is 0 Å². The minimum Gasteiger partial charge on any atom is -0.369 e. The standard InChI is InChI=1S/C10H16F3N5S/c1-6(2)7-8(16-5-17-9(7)18-14)15-3-4-19-10(11,12)13/h5-6H,3-4,14H2,1-2H3,(H2,15,16,17,18). The molecule has 0 unspecified atom stereocenters. The monoisotopic (exact) mass is 295 g/mol. The maximum Gasteiger partial charge on any atom is 0.441 e. The van der Waals surface area contributed by atoms with Crippen LogP contribution in [0.5, 0.6) is 0 Å². The molecule has 0 amide bonds. The van der Waals surface area contributed by atoms with E-state index in [0.717, 1.165) is 5.56 Å². The molecule has 4 N–H and O–H groups in total. The number of alkyl halides is 3. The van der Waals surface area contributed by atoms with Crippen LogP contribution in [0.2, 0.25) is 0 Å². The molecule has 108 valence electrons. The summed E-state index contributed by atoms with van der Waals surface area (Å²) in [5, 5.41) is 2.87. The number of hydrogen-bond acceptors (Lipinski definition) is 6. The van der Waals surface area contributed by atoms with Gasteiger partial charge in [-0.3, -0.25) is 0 Å². The molecular weight excluding hydrogens is 279 g/mol. The Morgan fingerprint density at radius 2 is 1.95 bits per heavy atom. The van der Waals surface area contributed by atoms with Gasteiger partial charge in [-0.25, -0.2) is 15.8 Å². The number of nitrogens with zero attached hydrogens (tertiary/aromatic N) is 2. The molecular formula is C10H16F3N5S. The summed E-state index contributed by atoms with van der Waals surface area (Å²) in [6.45, 7) is 4.01. The second-order valence-electron chi connectivity index (χ2n) is 4.00. The lowest BCUT2D eigenvalue weighted by molar-refractivity contribution is -0.0327. The van der Waals surface area contributed by atoms with Crippen molar-refractivity contribution >= 4 is 23.4 Å². The van der Waals surface area contributed by atoms with Crippen molar-refractivity contribution in [2.75, 3.05) is 23.0 Å². The van der Waals surface area contributed by atoms with E-state index in [2.05, 4.69) is 20.7 Å². The molecule has 5 nitrogen and oxygen atoms in total. The van der Waals surface area contributed by atoms with Crippen molar-refractivity contribution in [1.29, 1.82) is 0 Å². The summed E-state index contributed by atoms with van der Waals surface area (Å²) >= 11 is -0.0692. The molecule has 1 rings (SSSR count). The summed E-state index contributed by atoms with van der Waals surface area (Å²) < 4.78 is 36.0. The Labute approximate surface area is 113 Å². The minimum absolute atomic E-state index is 0.0692. The Morgan fingerprint density at radius 1 is 1.32 bits per heavy atom. The van der Waals surface area contributed by atoms with E-state index in [4.69, 9.17) is 5.84 Å². The van der Waals surface area contributed by atoms with Crippen molar-refractivity contribution in [3.63, 3.8) is 0 Å². The normalized spacial score (nSPS) is 11.7. The molecule has 0 saturated heterocycles. The van der Waals surface area contributed by atoms with Crippen molar-refractivity contribution in [2.24, 2.45) is 5.84 Å². The summed E-state index contributed by atoms with van der Waals surface area (Å²) in [7, 11) is 0. The third kappa shape index (κ3) is 5.11. The highest BCUT2D eigenvalue weighted by Crippen LogP contribution is 2.30. The second kappa shape index (κ2) is 6.80. The largest absolute Gasteiger partial charge is 0.441 e. The Kier molecular flexibility index (Phi) is 5.67. The van der Waals surface area contributed by atoms with Crippen molar-refractivity contribution in [3.8, 4) is 0 Å². The Bertz CT molecular complexity index is 411. The average molecular weight is 295 g/mol. The third-order valence-corrected chi connectivity index (χ3v) is 2.99. The highest BCUT2D eigenvalue weighted by atomic mass is 32.2. The topological polar surface area (TPSA) is 75.9 Å². The molecule has 0 saturated carbocycles. The van der Waals surface area contributed by atoms with Gasteiger partial charge in [-0.2, -0.15) is 13.2 Å². The third-order valence-electron chi connectivity index (χ3n) is 2.26. The number of nitrogens with one attached hydrogen (secondary N) is 2. The number of hydrazine groups is 1. The molecule has 1 aromatic heterocycles. The first-order chi connectivity index (χ1) is 8.85. The summed E-state index contributed by atoms with van der Waals surface area (Å²) in [6.07, 6.45) is 1.31. The Morgan fingerprint density at radius 3 is 2.47 bits per heavy atom. The van der Waals surface area contributed by atoms with Crippen LogP contribution >= 0.6 is 11.8 Å². The lowest BCUT2D eigenvalue weighted by Gasteiger charge is -2.16. The van der Waals surface area contributed by atoms with Crippen LogP contribution < -0.4 is 16.6 Å². The van der Waals surface area contributed by atoms with E-state index in [1.54, 1.807) is 0 Å². The zero-order valence-electron chi connectivity index (χ0n) is 10.6. The molecule has 0 aromatic carbocycles. The number of thioether (sulfide) groups is 1. The van der Waals surface area contributed by atoms with Gasteiger partial charge in [-0.15, -0.1) is 0 Å². The molecule has 0 aliphatic heterocycles. The Balaban J connectivity index is 2.68. The second-order valence-corrected chi connectivity index (χ2v) is 5.16. The van der Waals surface area contributed by atoms with E-state index < -0.39 is 5.51 Å². The number of aromatic nitrogens is 2. The molecule has 0 bridgehead atoms. The molecule has 0 aliphatic rings. The van der Waals surface area contributed by atoms with Crippen LogP contribution in [-0.4, -0.2) is 27.8 Å². The van der Waals surface area contributed by atoms with Crippen LogP contribution in [0.3, 0.4) is 0 Å². The number of rotatable bonds is 6. The van der Waals surface area contributed by atoms with E-state index in [1.165, 1.54) is 6.33 Å². The smallest absolute Gasteiger partial charge is 0.369 e. The SMILES string of the molecule is CC(C)c1c(NN)ncnc1NCCSC(F)(F)F. The lowest BCUT2D eigenvalue weighted by Crippen LogP contribution is -2.16. The summed E-state index contributed by atoms with van der Waals surface area (Å²) in [5.41, 5.74) is -1.00. The van der Waals surface area contributed by atoms with Crippen LogP contribution in [0.4, 0.5) is 24.8 Å². The van der Waals surface area contributed by atoms with Gasteiger partial charge in [0.2, 0.25) is 0 Å². The van der Waals surface area contributed by atoms with Crippen molar-refractivity contribution in [3.05, 3.63) is 11.9 Å². The van der Waals surface area contributed by atoms with Crippen molar-refractivity contribution < 1.29 is 13.2 Å². The number of hydrogen-bond donors (Lipinski definition) is 3. The van der Waals surface area contributed by atoms with Gasteiger partial charge in [-0.05, 0) is 17.7 Å². The number of anilines is 2. The fourth-order valence-electron chi connectivity index (χ4n) is 1.53. The zero-order valence-corrected chi connectivity index (χ0v) is 11.4. The lowest BCUT2D eigenvalue weighted by atomic mass is 10.0. The van der Waals surface area contributed by atoms with Gasteiger partial charge in [-0.1, -0.05) is 13.8 Å². The van der Waals surface area contributed by atoms with Gasteiger partial charge in [0.1, 0.15) is 18.0 Å². The highest BCUT2D eigenvalue weighted by Gasteiger charge is 2.27. The van der Waals surface area contributed by atoms with E-state index in [1.807, 2.05) is 13.8 Å². The number of nitrogen functional groups attached to an aromatic ring is 1. The molecule has 19 heavy (non-hydrogen) atoms. The minimum atomic E-state index is -4.21. The molecule has 1 heterocycles. The van der Waals surface area contributed by atoms with E-state index in [-0.39, 0.29) is 30.0 Å². The van der Waals surface area contributed by atoms with Crippen LogP contribution in [0, 0.1) is 0 Å². The molecule has 0 aliphatic carbocycles. The fraction of sp³-hybridized carbons (Fsp3) is 0.600. The van der Waals surface area contributed by atoms with Gasteiger partial charge in [0.25, 0.3) is 0 Å². The molecule has 0 spiro atoms. The average Bonchev–Trinajstić information content (AvgIpc) is 2.32. The zero-order chi connectivity index (χ0) is 14.5. The first-order valence-corrected chi connectivity index (χ1v) is 6.59.